The van der Waals surface area contributed by atoms with Gasteiger partial charge in [-0.05, 0) is 38.3 Å². The molecule has 4 nitrogen and oxygen atoms in total. The predicted molar refractivity (Wildman–Crippen MR) is 70.0 cm³/mol. The first-order chi connectivity index (χ1) is 8.50. The summed E-state index contributed by atoms with van der Waals surface area (Å²) in [5.41, 5.74) is 11.5. The minimum Gasteiger partial charge on any atom is -0.398 e. The Kier molecular flexibility index (Phi) is 3.41. The van der Waals surface area contributed by atoms with Crippen molar-refractivity contribution < 1.29 is 9.18 Å². The molecule has 1 aliphatic rings. The molecule has 0 aliphatic carbocycles. The van der Waals surface area contributed by atoms with Gasteiger partial charge >= 0.3 is 0 Å². The molecule has 1 unspecified atom stereocenters. The molecule has 0 aromatic heterocycles. The molecule has 1 aromatic rings. The molecule has 1 atom stereocenters. The second kappa shape index (κ2) is 4.84. The largest absolute Gasteiger partial charge is 0.398 e. The van der Waals surface area contributed by atoms with Gasteiger partial charge in [0.15, 0.2) is 0 Å². The highest BCUT2D eigenvalue weighted by atomic mass is 19.1. The highest BCUT2D eigenvalue weighted by molar-refractivity contribution is 5.99. The van der Waals surface area contributed by atoms with E-state index in [9.17, 15) is 9.18 Å². The second-order valence-electron chi connectivity index (χ2n) is 4.79. The van der Waals surface area contributed by atoms with Crippen LogP contribution in [0.5, 0.6) is 0 Å². The number of carbonyl (C=O) groups is 1. The molecule has 1 heterocycles. The fourth-order valence-corrected chi connectivity index (χ4v) is 2.47. The molecule has 1 aliphatic heterocycles. The second-order valence-corrected chi connectivity index (χ2v) is 4.79. The third-order valence-electron chi connectivity index (χ3n) is 3.50. The summed E-state index contributed by atoms with van der Waals surface area (Å²) in [5, 5.41) is 0. The predicted octanol–water partition coefficient (Wildman–Crippen LogP) is 1.89. The molecule has 0 bridgehead atoms. The van der Waals surface area contributed by atoms with E-state index in [1.54, 1.807) is 0 Å². The number of hydrogen-bond acceptors (Lipinski definition) is 3. The van der Waals surface area contributed by atoms with E-state index in [0.29, 0.717) is 5.69 Å². The first-order valence-corrected chi connectivity index (χ1v) is 6.16. The van der Waals surface area contributed by atoms with Crippen molar-refractivity contribution in [3.8, 4) is 0 Å². The Bertz CT molecular complexity index is 476. The average molecular weight is 251 g/mol. The van der Waals surface area contributed by atoms with Crippen LogP contribution in [0, 0.1) is 5.82 Å². The number of rotatable bonds is 2. The van der Waals surface area contributed by atoms with Gasteiger partial charge in [-0.15, -0.1) is 0 Å². The van der Waals surface area contributed by atoms with E-state index in [1.165, 1.54) is 12.1 Å². The lowest BCUT2D eigenvalue weighted by Crippen LogP contribution is -2.38. The smallest absolute Gasteiger partial charge is 0.250 e. The zero-order valence-electron chi connectivity index (χ0n) is 10.4. The fraction of sp³-hybridized carbons (Fsp3) is 0.462. The average Bonchev–Trinajstić information content (AvgIpc) is 2.30. The van der Waals surface area contributed by atoms with E-state index < -0.39 is 11.7 Å². The minimum atomic E-state index is -0.626. The van der Waals surface area contributed by atoms with Gasteiger partial charge in [0.25, 0.3) is 5.91 Å². The van der Waals surface area contributed by atoms with Gasteiger partial charge in [-0.3, -0.25) is 4.79 Å². The van der Waals surface area contributed by atoms with Crippen LogP contribution in [-0.4, -0.2) is 18.5 Å². The molecule has 2 rings (SSSR count). The zero-order valence-corrected chi connectivity index (χ0v) is 10.4. The van der Waals surface area contributed by atoms with Gasteiger partial charge in [0.05, 0.1) is 11.3 Å². The summed E-state index contributed by atoms with van der Waals surface area (Å²) in [6.07, 6.45) is 3.20. The topological polar surface area (TPSA) is 72.3 Å². The van der Waals surface area contributed by atoms with Crippen LogP contribution in [0.1, 0.15) is 36.5 Å². The molecule has 1 saturated heterocycles. The van der Waals surface area contributed by atoms with Crippen molar-refractivity contribution in [3.05, 3.63) is 23.5 Å². The molecule has 0 radical (unpaired) electrons. The molecule has 98 valence electrons. The Morgan fingerprint density at radius 3 is 2.78 bits per heavy atom. The number of benzene rings is 1. The van der Waals surface area contributed by atoms with E-state index in [1.807, 2.05) is 4.90 Å². The number of nitrogens with two attached hydrogens (primary N) is 2. The van der Waals surface area contributed by atoms with E-state index in [0.717, 1.165) is 25.8 Å². The molecule has 1 fully saturated rings. The molecular weight excluding hydrogens is 233 g/mol. The molecular formula is C13H18FN3O. The molecule has 1 aromatic carbocycles. The first-order valence-electron chi connectivity index (χ1n) is 6.16. The number of primary amides is 1. The summed E-state index contributed by atoms with van der Waals surface area (Å²) in [4.78, 5) is 13.2. The Morgan fingerprint density at radius 2 is 2.17 bits per heavy atom. The van der Waals surface area contributed by atoms with Gasteiger partial charge < -0.3 is 16.4 Å². The van der Waals surface area contributed by atoms with Crippen molar-refractivity contribution in [1.29, 1.82) is 0 Å². The lowest BCUT2D eigenvalue weighted by molar-refractivity contribution is 0.100. The van der Waals surface area contributed by atoms with E-state index in [2.05, 4.69) is 6.92 Å². The molecule has 5 heteroatoms. The number of amides is 1. The Morgan fingerprint density at radius 1 is 1.44 bits per heavy atom. The van der Waals surface area contributed by atoms with Crippen LogP contribution in [0.2, 0.25) is 0 Å². The van der Waals surface area contributed by atoms with Gasteiger partial charge in [0, 0.05) is 18.3 Å². The highest BCUT2D eigenvalue weighted by Crippen LogP contribution is 2.30. The number of nitrogens with zero attached hydrogens (tertiary/aromatic N) is 1. The lowest BCUT2D eigenvalue weighted by Gasteiger charge is -2.35. The summed E-state index contributed by atoms with van der Waals surface area (Å²) < 4.78 is 14.0. The molecule has 0 spiro atoms. The van der Waals surface area contributed by atoms with Crippen LogP contribution in [0.3, 0.4) is 0 Å². The summed E-state index contributed by atoms with van der Waals surface area (Å²) in [7, 11) is 0. The molecule has 0 saturated carbocycles. The monoisotopic (exact) mass is 251 g/mol. The number of halogens is 1. The zero-order chi connectivity index (χ0) is 13.3. The van der Waals surface area contributed by atoms with Gasteiger partial charge in [-0.1, -0.05) is 0 Å². The van der Waals surface area contributed by atoms with E-state index in [4.69, 9.17) is 11.5 Å². The van der Waals surface area contributed by atoms with Crippen LogP contribution in [0.25, 0.3) is 0 Å². The van der Waals surface area contributed by atoms with Crippen LogP contribution in [0.4, 0.5) is 15.8 Å². The molecule has 18 heavy (non-hydrogen) atoms. The molecule has 4 N–H and O–H groups in total. The van der Waals surface area contributed by atoms with Crippen molar-refractivity contribution in [3.63, 3.8) is 0 Å². The number of hydrogen-bond donors (Lipinski definition) is 2. The fourth-order valence-electron chi connectivity index (χ4n) is 2.47. The van der Waals surface area contributed by atoms with Crippen LogP contribution in [-0.2, 0) is 0 Å². The highest BCUT2D eigenvalue weighted by Gasteiger charge is 2.23. The number of piperidine rings is 1. The summed E-state index contributed by atoms with van der Waals surface area (Å²) >= 11 is 0. The normalized spacial score (nSPS) is 19.9. The summed E-state index contributed by atoms with van der Waals surface area (Å²) in [6, 6.07) is 2.91. The number of nitrogen functional groups attached to an aromatic ring is 1. The maximum Gasteiger partial charge on any atom is 0.250 e. The summed E-state index contributed by atoms with van der Waals surface area (Å²) in [6.45, 7) is 2.85. The Balaban J connectivity index is 2.43. The van der Waals surface area contributed by atoms with Crippen LogP contribution >= 0.6 is 0 Å². The van der Waals surface area contributed by atoms with Crippen molar-refractivity contribution in [2.45, 2.75) is 32.2 Å². The van der Waals surface area contributed by atoms with Gasteiger partial charge in [-0.25, -0.2) is 4.39 Å². The number of carbonyl (C=O) groups excluding carboxylic acids is 1. The summed E-state index contributed by atoms with van der Waals surface area (Å²) in [5.74, 6) is -1.02. The van der Waals surface area contributed by atoms with Crippen LogP contribution in [0.15, 0.2) is 12.1 Å². The Hall–Kier alpha value is -1.78. The number of anilines is 2. The Labute approximate surface area is 106 Å². The third kappa shape index (κ3) is 2.25. The van der Waals surface area contributed by atoms with Gasteiger partial charge in [0.2, 0.25) is 0 Å². The standard InChI is InChI=1S/C13H18FN3O/c1-8-4-2-3-5-17(8)12-6-9(13(16)18)11(15)7-10(12)14/h6-8H,2-5,15H2,1H3,(H2,16,18). The van der Waals surface area contributed by atoms with Crippen molar-refractivity contribution in [2.75, 3.05) is 17.2 Å². The molecule has 1 amide bonds. The quantitative estimate of drug-likeness (QED) is 0.788. The van der Waals surface area contributed by atoms with Crippen LogP contribution < -0.4 is 16.4 Å². The van der Waals surface area contributed by atoms with E-state index in [-0.39, 0.29) is 17.3 Å². The van der Waals surface area contributed by atoms with Crippen molar-refractivity contribution in [1.82, 2.24) is 0 Å². The SMILES string of the molecule is CC1CCCCN1c1cc(C(N)=O)c(N)cc1F. The van der Waals surface area contributed by atoms with Crippen molar-refractivity contribution >= 4 is 17.3 Å². The maximum absolute atomic E-state index is 14.0. The minimum absolute atomic E-state index is 0.0911. The first kappa shape index (κ1) is 12.7. The van der Waals surface area contributed by atoms with E-state index >= 15 is 0 Å². The van der Waals surface area contributed by atoms with Crippen molar-refractivity contribution in [2.24, 2.45) is 5.73 Å². The maximum atomic E-state index is 14.0. The van der Waals surface area contributed by atoms with Gasteiger partial charge in [0.1, 0.15) is 5.82 Å². The third-order valence-corrected chi connectivity index (χ3v) is 3.50. The lowest BCUT2D eigenvalue weighted by atomic mass is 10.0. The van der Waals surface area contributed by atoms with Gasteiger partial charge in [-0.2, -0.15) is 0 Å².